The minimum Gasteiger partial charge on any atom is -0.308 e. The third-order valence-electron chi connectivity index (χ3n) is 2.79. The van der Waals surface area contributed by atoms with Crippen molar-refractivity contribution in [3.63, 3.8) is 0 Å². The molecule has 106 valence electrons. The Morgan fingerprint density at radius 3 is 2.80 bits per heavy atom. The highest BCUT2D eigenvalue weighted by Gasteiger charge is 2.14. The van der Waals surface area contributed by atoms with Gasteiger partial charge in [-0.05, 0) is 12.5 Å². The summed E-state index contributed by atoms with van der Waals surface area (Å²) in [5.74, 6) is 0. The van der Waals surface area contributed by atoms with Gasteiger partial charge in [0, 0.05) is 30.3 Å². The first-order chi connectivity index (χ1) is 9.47. The van der Waals surface area contributed by atoms with Crippen LogP contribution >= 0.6 is 11.3 Å². The Hall–Kier alpha value is -1.86. The van der Waals surface area contributed by atoms with E-state index >= 15 is 0 Å². The molecule has 0 bridgehead atoms. The molecule has 0 aliphatic carbocycles. The molecular formula is C13H16N4O2S. The number of non-ortho nitro benzene ring substituents is 1. The molecule has 2 aromatic rings. The molecular weight excluding hydrogens is 276 g/mol. The maximum absolute atomic E-state index is 10.8. The molecule has 0 aliphatic rings. The topological polar surface area (TPSA) is 81.0 Å². The van der Waals surface area contributed by atoms with Crippen LogP contribution in [-0.4, -0.2) is 21.2 Å². The molecule has 0 spiro atoms. The predicted octanol–water partition coefficient (Wildman–Crippen LogP) is 2.92. The van der Waals surface area contributed by atoms with Gasteiger partial charge in [0.05, 0.1) is 4.92 Å². The Morgan fingerprint density at radius 2 is 2.15 bits per heavy atom. The number of aryl methyl sites for hydroxylation is 1. The number of nitro groups is 1. The third-order valence-corrected chi connectivity index (χ3v) is 3.75. The summed E-state index contributed by atoms with van der Waals surface area (Å²) >= 11 is 1.46. The molecule has 2 rings (SSSR count). The number of benzene rings is 1. The first-order valence-electron chi connectivity index (χ1n) is 6.28. The van der Waals surface area contributed by atoms with Crippen LogP contribution in [0.15, 0.2) is 18.2 Å². The van der Waals surface area contributed by atoms with E-state index < -0.39 is 4.92 Å². The zero-order chi connectivity index (χ0) is 14.7. The molecule has 0 atom stereocenters. The second-order valence-corrected chi connectivity index (χ2v) is 5.85. The van der Waals surface area contributed by atoms with Gasteiger partial charge in [-0.2, -0.15) is 0 Å². The van der Waals surface area contributed by atoms with E-state index in [1.807, 2.05) is 6.92 Å². The number of rotatable bonds is 5. The van der Waals surface area contributed by atoms with E-state index in [0.29, 0.717) is 17.6 Å². The van der Waals surface area contributed by atoms with E-state index in [1.54, 1.807) is 12.1 Å². The highest BCUT2D eigenvalue weighted by molar-refractivity contribution is 7.14. The summed E-state index contributed by atoms with van der Waals surface area (Å²) in [7, 11) is 0. The van der Waals surface area contributed by atoms with Crippen molar-refractivity contribution in [2.75, 3.05) is 0 Å². The van der Waals surface area contributed by atoms with Crippen LogP contribution in [0.2, 0.25) is 0 Å². The molecule has 7 heteroatoms. The first-order valence-corrected chi connectivity index (χ1v) is 7.10. The lowest BCUT2D eigenvalue weighted by Gasteiger charge is -2.04. The number of nitro benzene ring substituents is 1. The van der Waals surface area contributed by atoms with E-state index in [4.69, 9.17) is 0 Å². The quantitative estimate of drug-likeness (QED) is 0.677. The normalized spacial score (nSPS) is 11.0. The minimum atomic E-state index is -0.398. The van der Waals surface area contributed by atoms with Gasteiger partial charge in [-0.3, -0.25) is 10.1 Å². The van der Waals surface area contributed by atoms with Crippen LogP contribution in [0.3, 0.4) is 0 Å². The molecule has 1 aromatic carbocycles. The highest BCUT2D eigenvalue weighted by atomic mass is 32.1. The van der Waals surface area contributed by atoms with Gasteiger partial charge >= 0.3 is 0 Å². The van der Waals surface area contributed by atoms with Gasteiger partial charge < -0.3 is 5.32 Å². The van der Waals surface area contributed by atoms with Gasteiger partial charge in [-0.15, -0.1) is 10.2 Å². The lowest BCUT2D eigenvalue weighted by Crippen LogP contribution is -2.21. The Bertz CT molecular complexity index is 625. The summed E-state index contributed by atoms with van der Waals surface area (Å²) in [5.41, 5.74) is 1.80. The number of nitrogens with one attached hydrogen (secondary N) is 1. The van der Waals surface area contributed by atoms with Gasteiger partial charge in [0.25, 0.3) is 5.69 Å². The molecule has 0 fully saturated rings. The maximum Gasteiger partial charge on any atom is 0.270 e. The molecule has 0 saturated heterocycles. The van der Waals surface area contributed by atoms with Crippen LogP contribution in [0.4, 0.5) is 5.69 Å². The van der Waals surface area contributed by atoms with Crippen LogP contribution in [0.1, 0.15) is 24.4 Å². The van der Waals surface area contributed by atoms with Crippen molar-refractivity contribution < 1.29 is 4.92 Å². The second-order valence-electron chi connectivity index (χ2n) is 4.79. The summed E-state index contributed by atoms with van der Waals surface area (Å²) in [4.78, 5) is 10.4. The van der Waals surface area contributed by atoms with Crippen molar-refractivity contribution in [1.82, 2.24) is 15.5 Å². The zero-order valence-corrected chi connectivity index (χ0v) is 12.4. The van der Waals surface area contributed by atoms with E-state index in [1.165, 1.54) is 17.4 Å². The SMILES string of the molecule is Cc1ccc([N+](=O)[O-])cc1-c1nnc(CNC(C)C)s1. The van der Waals surface area contributed by atoms with Crippen molar-refractivity contribution in [2.45, 2.75) is 33.4 Å². The van der Waals surface area contributed by atoms with Crippen molar-refractivity contribution in [2.24, 2.45) is 0 Å². The first kappa shape index (κ1) is 14.5. The van der Waals surface area contributed by atoms with Crippen LogP contribution in [0.25, 0.3) is 10.6 Å². The lowest BCUT2D eigenvalue weighted by atomic mass is 10.1. The monoisotopic (exact) mass is 292 g/mol. The summed E-state index contributed by atoms with van der Waals surface area (Å²) in [6, 6.07) is 5.17. The summed E-state index contributed by atoms with van der Waals surface area (Å²) < 4.78 is 0. The molecule has 0 radical (unpaired) electrons. The summed E-state index contributed by atoms with van der Waals surface area (Å²) in [6.45, 7) is 6.69. The smallest absolute Gasteiger partial charge is 0.270 e. The second kappa shape index (κ2) is 6.06. The highest BCUT2D eigenvalue weighted by Crippen LogP contribution is 2.29. The molecule has 0 saturated carbocycles. The Balaban J connectivity index is 2.27. The van der Waals surface area contributed by atoms with Crippen molar-refractivity contribution in [3.05, 3.63) is 38.9 Å². The van der Waals surface area contributed by atoms with Gasteiger partial charge in [0.1, 0.15) is 10.0 Å². The fourth-order valence-corrected chi connectivity index (χ4v) is 2.55. The predicted molar refractivity (Wildman–Crippen MR) is 78.7 cm³/mol. The van der Waals surface area contributed by atoms with Gasteiger partial charge in [0.15, 0.2) is 0 Å². The lowest BCUT2D eigenvalue weighted by molar-refractivity contribution is -0.384. The van der Waals surface area contributed by atoms with E-state index in [2.05, 4.69) is 29.4 Å². The average molecular weight is 292 g/mol. The zero-order valence-electron chi connectivity index (χ0n) is 11.6. The fourth-order valence-electron chi connectivity index (χ4n) is 1.68. The fraction of sp³-hybridized carbons (Fsp3) is 0.385. The molecule has 6 nitrogen and oxygen atoms in total. The van der Waals surface area contributed by atoms with Crippen molar-refractivity contribution in [3.8, 4) is 10.6 Å². The van der Waals surface area contributed by atoms with Crippen molar-refractivity contribution >= 4 is 17.0 Å². The number of aromatic nitrogens is 2. The third kappa shape index (κ3) is 3.37. The Kier molecular flexibility index (Phi) is 4.41. The number of hydrogen-bond acceptors (Lipinski definition) is 6. The van der Waals surface area contributed by atoms with Gasteiger partial charge in [-0.25, -0.2) is 0 Å². The number of nitrogens with zero attached hydrogens (tertiary/aromatic N) is 3. The van der Waals surface area contributed by atoms with E-state index in [9.17, 15) is 10.1 Å². The van der Waals surface area contributed by atoms with E-state index in [0.717, 1.165) is 16.1 Å². The van der Waals surface area contributed by atoms with Crippen LogP contribution < -0.4 is 5.32 Å². The molecule has 0 aliphatic heterocycles. The molecule has 20 heavy (non-hydrogen) atoms. The van der Waals surface area contributed by atoms with Crippen molar-refractivity contribution in [1.29, 1.82) is 0 Å². The van der Waals surface area contributed by atoms with Crippen LogP contribution in [0, 0.1) is 17.0 Å². The average Bonchev–Trinajstić information content (AvgIpc) is 2.85. The van der Waals surface area contributed by atoms with E-state index in [-0.39, 0.29) is 5.69 Å². The van der Waals surface area contributed by atoms with Crippen LogP contribution in [-0.2, 0) is 6.54 Å². The standard InChI is InChI=1S/C13H16N4O2S/c1-8(2)14-7-12-15-16-13(20-12)11-6-10(17(18)19)5-4-9(11)3/h4-6,8,14H,7H2,1-3H3. The van der Waals surface area contributed by atoms with Crippen LogP contribution in [0.5, 0.6) is 0 Å². The van der Waals surface area contributed by atoms with Gasteiger partial charge in [-0.1, -0.05) is 31.3 Å². The Morgan fingerprint density at radius 1 is 1.40 bits per heavy atom. The molecule has 0 amide bonds. The molecule has 0 unspecified atom stereocenters. The molecule has 1 aromatic heterocycles. The Labute approximate surface area is 121 Å². The molecule has 1 heterocycles. The summed E-state index contributed by atoms with van der Waals surface area (Å²) in [5, 5.41) is 23.9. The largest absolute Gasteiger partial charge is 0.308 e. The summed E-state index contributed by atoms with van der Waals surface area (Å²) in [6.07, 6.45) is 0. The maximum atomic E-state index is 10.8. The molecule has 1 N–H and O–H groups in total. The minimum absolute atomic E-state index is 0.0719. The van der Waals surface area contributed by atoms with Gasteiger partial charge in [0.2, 0.25) is 0 Å². The number of hydrogen-bond donors (Lipinski definition) is 1.